The fourth-order valence-corrected chi connectivity index (χ4v) is 0.546. The van der Waals surface area contributed by atoms with Gasteiger partial charge in [-0.1, -0.05) is 59.4 Å². The Labute approximate surface area is 127 Å². The molecule has 1 heterocycles. The minimum Gasteiger partial charge on any atom is -0.261 e. The summed E-state index contributed by atoms with van der Waals surface area (Å²) in [6, 6.07) is 5.83. The van der Waals surface area contributed by atoms with E-state index in [2.05, 4.69) is 39.6 Å². The van der Waals surface area contributed by atoms with Gasteiger partial charge in [-0.05, 0) is 25.5 Å². The first kappa shape index (κ1) is 22.2. The molecule has 0 amide bonds. The summed E-state index contributed by atoms with van der Waals surface area (Å²) in [6.07, 6.45) is 7.11. The zero-order chi connectivity index (χ0) is 12.6. The SMILES string of the molecule is [CH2]CCC.[CH2]CCC.[CH2]Cc1ccccn1.[HH].[Sn]. The first-order valence-electron chi connectivity index (χ1n) is 6.04. The van der Waals surface area contributed by atoms with Gasteiger partial charge in [0.25, 0.3) is 0 Å². The number of pyridine rings is 1. The first-order valence-corrected chi connectivity index (χ1v) is 6.04. The fourth-order valence-electron chi connectivity index (χ4n) is 0.546. The van der Waals surface area contributed by atoms with Crippen molar-refractivity contribution in [2.75, 3.05) is 0 Å². The van der Waals surface area contributed by atoms with Crippen molar-refractivity contribution in [2.24, 2.45) is 0 Å². The summed E-state index contributed by atoms with van der Waals surface area (Å²) in [4.78, 5) is 4.03. The van der Waals surface area contributed by atoms with Gasteiger partial charge < -0.3 is 0 Å². The summed E-state index contributed by atoms with van der Waals surface area (Å²) in [7, 11) is 0. The second-order valence-electron chi connectivity index (χ2n) is 3.28. The molecular formula is C15H28NSn. The van der Waals surface area contributed by atoms with Crippen LogP contribution in [0, 0.1) is 20.8 Å². The molecule has 0 aliphatic rings. The predicted molar refractivity (Wildman–Crippen MR) is 81.7 cm³/mol. The maximum absolute atomic E-state index is 4.03. The maximum Gasteiger partial charge on any atom is 0.0403 e. The average Bonchev–Trinajstić information content (AvgIpc) is 2.40. The minimum atomic E-state index is 0. The van der Waals surface area contributed by atoms with Crippen LogP contribution < -0.4 is 0 Å². The van der Waals surface area contributed by atoms with Gasteiger partial charge in [-0.3, -0.25) is 4.98 Å². The second-order valence-corrected chi connectivity index (χ2v) is 3.28. The Balaban J connectivity index is -0.0000000860. The minimum absolute atomic E-state index is 0. The van der Waals surface area contributed by atoms with Crippen molar-refractivity contribution < 1.29 is 1.43 Å². The summed E-state index contributed by atoms with van der Waals surface area (Å²) >= 11 is 0. The molecule has 0 saturated heterocycles. The van der Waals surface area contributed by atoms with Crippen LogP contribution in [0.4, 0.5) is 0 Å². The normalized spacial score (nSPS) is 7.82. The number of aromatic nitrogens is 1. The van der Waals surface area contributed by atoms with Crippen LogP contribution in [0.2, 0.25) is 0 Å². The third kappa shape index (κ3) is 21.7. The number of hydrogen-bond acceptors (Lipinski definition) is 1. The maximum atomic E-state index is 4.03. The van der Waals surface area contributed by atoms with Gasteiger partial charge in [-0.2, -0.15) is 0 Å². The van der Waals surface area contributed by atoms with Gasteiger partial charge in [0, 0.05) is 37.2 Å². The molecule has 0 aromatic carbocycles. The van der Waals surface area contributed by atoms with Crippen molar-refractivity contribution in [1.82, 2.24) is 4.98 Å². The van der Waals surface area contributed by atoms with E-state index in [1.165, 1.54) is 12.8 Å². The third-order valence-electron chi connectivity index (χ3n) is 1.69. The van der Waals surface area contributed by atoms with Crippen LogP contribution in [-0.2, 0) is 6.42 Å². The first-order chi connectivity index (χ1) is 7.76. The van der Waals surface area contributed by atoms with E-state index in [1.54, 1.807) is 6.20 Å². The molecule has 0 bridgehead atoms. The van der Waals surface area contributed by atoms with Crippen molar-refractivity contribution in [3.8, 4) is 0 Å². The molecule has 0 atom stereocenters. The van der Waals surface area contributed by atoms with Crippen molar-refractivity contribution in [2.45, 2.75) is 46.0 Å². The standard InChI is InChI=1S/C7H8N.2C4H9.Sn.H2/c1-2-7-5-3-4-6-8-7;2*1-3-4-2;;/h3-6H,1-2H2;2*1,3-4H2,2H3;;1H. The van der Waals surface area contributed by atoms with Crippen molar-refractivity contribution in [3.63, 3.8) is 0 Å². The Morgan fingerprint density at radius 1 is 1.06 bits per heavy atom. The Bertz CT molecular complexity index is 197. The number of hydrogen-bond donors (Lipinski definition) is 0. The summed E-state index contributed by atoms with van der Waals surface area (Å²) in [5.41, 5.74) is 1.05. The fraction of sp³-hybridized carbons (Fsp3) is 0.467. The van der Waals surface area contributed by atoms with Crippen LogP contribution in [0.3, 0.4) is 0 Å². The van der Waals surface area contributed by atoms with E-state index in [0.29, 0.717) is 0 Å². The molecule has 0 N–H and O–H groups in total. The Morgan fingerprint density at radius 2 is 1.53 bits per heavy atom. The van der Waals surface area contributed by atoms with Crippen LogP contribution in [0.15, 0.2) is 24.4 Å². The monoisotopic (exact) mass is 342 g/mol. The van der Waals surface area contributed by atoms with Crippen LogP contribution in [-0.4, -0.2) is 28.9 Å². The topological polar surface area (TPSA) is 12.9 Å². The number of unbranched alkanes of at least 4 members (excludes halogenated alkanes) is 2. The van der Waals surface area contributed by atoms with Gasteiger partial charge in [0.1, 0.15) is 0 Å². The van der Waals surface area contributed by atoms with Gasteiger partial charge in [-0.15, -0.1) is 0 Å². The molecule has 0 fully saturated rings. The molecule has 2 heteroatoms. The van der Waals surface area contributed by atoms with E-state index >= 15 is 0 Å². The smallest absolute Gasteiger partial charge is 0.0403 e. The van der Waals surface area contributed by atoms with E-state index in [9.17, 15) is 0 Å². The molecule has 97 valence electrons. The van der Waals surface area contributed by atoms with Gasteiger partial charge >= 0.3 is 0 Å². The Kier molecular flexibility index (Phi) is 27.7. The third-order valence-corrected chi connectivity index (χ3v) is 1.69. The van der Waals surface area contributed by atoms with Gasteiger partial charge in [0.2, 0.25) is 0 Å². The van der Waals surface area contributed by atoms with Gasteiger partial charge in [-0.25, -0.2) is 0 Å². The quantitative estimate of drug-likeness (QED) is 0.735. The summed E-state index contributed by atoms with van der Waals surface area (Å²) in [5, 5.41) is 0. The zero-order valence-corrected chi connectivity index (χ0v) is 14.3. The molecule has 1 nitrogen and oxygen atoms in total. The molecule has 17 heavy (non-hydrogen) atoms. The predicted octanol–water partition coefficient (Wildman–Crippen LogP) is 4.56. The summed E-state index contributed by atoms with van der Waals surface area (Å²) in [5.74, 6) is 0. The van der Waals surface area contributed by atoms with E-state index < -0.39 is 0 Å². The zero-order valence-electron chi connectivity index (χ0n) is 11.4. The molecule has 0 unspecified atom stereocenters. The van der Waals surface area contributed by atoms with Crippen molar-refractivity contribution >= 4 is 23.9 Å². The molecule has 0 spiro atoms. The molecule has 1 aromatic rings. The molecule has 0 aliphatic heterocycles. The Hall–Kier alpha value is -0.0513. The second kappa shape index (κ2) is 21.3. The average molecular weight is 341 g/mol. The van der Waals surface area contributed by atoms with Gasteiger partial charge in [0.15, 0.2) is 0 Å². The van der Waals surface area contributed by atoms with E-state index in [4.69, 9.17) is 0 Å². The van der Waals surface area contributed by atoms with Gasteiger partial charge in [0.05, 0.1) is 0 Å². The molecule has 1 aromatic heterocycles. The van der Waals surface area contributed by atoms with Crippen molar-refractivity contribution in [1.29, 1.82) is 0 Å². The number of rotatable bonds is 3. The number of nitrogens with zero attached hydrogens (tertiary/aromatic N) is 1. The molecule has 0 aliphatic carbocycles. The molecule has 0 saturated carbocycles. The Morgan fingerprint density at radius 3 is 1.71 bits per heavy atom. The van der Waals surface area contributed by atoms with Crippen LogP contribution in [0.5, 0.6) is 0 Å². The summed E-state index contributed by atoms with van der Waals surface area (Å²) < 4.78 is 0. The molecule has 7 radical (unpaired) electrons. The van der Waals surface area contributed by atoms with E-state index in [1.807, 2.05) is 18.2 Å². The van der Waals surface area contributed by atoms with E-state index in [0.717, 1.165) is 25.0 Å². The van der Waals surface area contributed by atoms with Crippen LogP contribution in [0.25, 0.3) is 0 Å². The largest absolute Gasteiger partial charge is 0.261 e. The van der Waals surface area contributed by atoms with Crippen LogP contribution in [0.1, 0.15) is 46.7 Å². The molecular weight excluding hydrogens is 313 g/mol. The van der Waals surface area contributed by atoms with E-state index in [-0.39, 0.29) is 25.3 Å². The van der Waals surface area contributed by atoms with Crippen LogP contribution >= 0.6 is 0 Å². The molecule has 1 rings (SSSR count). The summed E-state index contributed by atoms with van der Waals surface area (Å²) in [6.45, 7) is 15.1. The van der Waals surface area contributed by atoms with Crippen molar-refractivity contribution in [3.05, 3.63) is 50.9 Å².